The number of carboxylic acids is 1. The van der Waals surface area contributed by atoms with E-state index in [4.69, 9.17) is 5.11 Å². The van der Waals surface area contributed by atoms with Crippen LogP contribution in [0.4, 0.5) is 18.9 Å². The van der Waals surface area contributed by atoms with Gasteiger partial charge in [0.2, 0.25) is 0 Å². The maximum Gasteiger partial charge on any atom is 0.418 e. The molecule has 1 N–H and O–H groups in total. The quantitative estimate of drug-likeness (QED) is 0.511. The van der Waals surface area contributed by atoms with Gasteiger partial charge in [-0.25, -0.2) is 9.78 Å². The summed E-state index contributed by atoms with van der Waals surface area (Å²) < 4.78 is 36.9. The Morgan fingerprint density at radius 2 is 2.11 bits per heavy atom. The number of rotatable bonds is 3. The summed E-state index contributed by atoms with van der Waals surface area (Å²) in [4.78, 5) is 22.9. The molecule has 9 heteroatoms. The molecule has 1 rings (SSSR count). The molecule has 1 aromatic heterocycles. The van der Waals surface area contributed by atoms with Gasteiger partial charge in [-0.15, -0.1) is 0 Å². The first-order valence-electron chi connectivity index (χ1n) is 4.34. The van der Waals surface area contributed by atoms with E-state index in [-0.39, 0.29) is 0 Å². The van der Waals surface area contributed by atoms with Gasteiger partial charge < -0.3 is 5.11 Å². The van der Waals surface area contributed by atoms with Crippen molar-refractivity contribution in [3.05, 3.63) is 39.7 Å². The third-order valence-corrected chi connectivity index (χ3v) is 1.81. The lowest BCUT2D eigenvalue weighted by Crippen LogP contribution is -2.07. The van der Waals surface area contributed by atoms with Crippen LogP contribution in [0.15, 0.2) is 18.3 Å². The predicted octanol–water partition coefficient (Wildman–Crippen LogP) is 2.11. The number of carboxylic acid groups (broad SMARTS) is 1. The van der Waals surface area contributed by atoms with Crippen LogP contribution in [0.25, 0.3) is 6.08 Å². The molecule has 1 heterocycles. The Bertz CT molecular complexity index is 525. The van der Waals surface area contributed by atoms with E-state index in [0.29, 0.717) is 18.3 Å². The van der Waals surface area contributed by atoms with Crippen molar-refractivity contribution in [2.24, 2.45) is 0 Å². The fourth-order valence-electron chi connectivity index (χ4n) is 1.04. The molecule has 0 bridgehead atoms. The van der Waals surface area contributed by atoms with Crippen LogP contribution in [0.5, 0.6) is 0 Å². The van der Waals surface area contributed by atoms with E-state index in [9.17, 15) is 28.1 Å². The average molecular weight is 262 g/mol. The minimum atomic E-state index is -4.76. The van der Waals surface area contributed by atoms with Crippen molar-refractivity contribution in [1.29, 1.82) is 0 Å². The van der Waals surface area contributed by atoms with E-state index in [1.807, 2.05) is 0 Å². The normalized spacial score (nSPS) is 11.7. The fraction of sp³-hybridized carbons (Fsp3) is 0.111. The van der Waals surface area contributed by atoms with Crippen LogP contribution in [0.2, 0.25) is 0 Å². The molecule has 0 aromatic carbocycles. The summed E-state index contributed by atoms with van der Waals surface area (Å²) >= 11 is 0. The van der Waals surface area contributed by atoms with Gasteiger partial charge >= 0.3 is 12.1 Å². The van der Waals surface area contributed by atoms with Crippen molar-refractivity contribution >= 4 is 17.7 Å². The smallest absolute Gasteiger partial charge is 0.418 e. The second-order valence-electron chi connectivity index (χ2n) is 3.05. The molecule has 0 saturated carbocycles. The molecule has 0 spiro atoms. The molecule has 0 aliphatic rings. The monoisotopic (exact) mass is 262 g/mol. The summed E-state index contributed by atoms with van der Waals surface area (Å²) in [5.41, 5.74) is -2.65. The third-order valence-electron chi connectivity index (χ3n) is 1.81. The molecular formula is C9H5F3N2O4. The zero-order chi connectivity index (χ0) is 13.9. The van der Waals surface area contributed by atoms with Crippen molar-refractivity contribution in [3.8, 4) is 0 Å². The van der Waals surface area contributed by atoms with Gasteiger partial charge in [-0.1, -0.05) is 0 Å². The Morgan fingerprint density at radius 3 is 2.56 bits per heavy atom. The van der Waals surface area contributed by atoms with Gasteiger partial charge in [0.25, 0.3) is 5.69 Å². The number of nitro groups is 1. The van der Waals surface area contributed by atoms with E-state index < -0.39 is 34.0 Å². The summed E-state index contributed by atoms with van der Waals surface area (Å²) in [5.74, 6) is -1.40. The standard InChI is InChI=1S/C9H5F3N2O4/c10-9(11,12)5-3-7(14(17)18)6(13-4-5)1-2-8(15)16/h1-4H,(H,15,16)/b2-1+. The van der Waals surface area contributed by atoms with E-state index >= 15 is 0 Å². The predicted molar refractivity (Wildman–Crippen MR) is 52.6 cm³/mol. The Balaban J connectivity index is 3.30. The number of halogens is 3. The molecule has 0 saturated heterocycles. The summed E-state index contributed by atoms with van der Waals surface area (Å²) in [6, 6.07) is 0.300. The summed E-state index contributed by atoms with van der Waals surface area (Å²) in [6.45, 7) is 0. The van der Waals surface area contributed by atoms with Gasteiger partial charge in [-0.3, -0.25) is 10.1 Å². The summed E-state index contributed by atoms with van der Waals surface area (Å²) in [7, 11) is 0. The Hall–Kier alpha value is -2.45. The van der Waals surface area contributed by atoms with Gasteiger partial charge in [0.15, 0.2) is 0 Å². The minimum absolute atomic E-state index is 0.300. The fourth-order valence-corrected chi connectivity index (χ4v) is 1.04. The van der Waals surface area contributed by atoms with Gasteiger partial charge in [0.05, 0.1) is 10.5 Å². The van der Waals surface area contributed by atoms with Gasteiger partial charge in [-0.2, -0.15) is 13.2 Å². The highest BCUT2D eigenvalue weighted by Gasteiger charge is 2.33. The van der Waals surface area contributed by atoms with Gasteiger partial charge in [-0.05, 0) is 6.08 Å². The van der Waals surface area contributed by atoms with Crippen molar-refractivity contribution in [3.63, 3.8) is 0 Å². The van der Waals surface area contributed by atoms with Crippen LogP contribution in [0.3, 0.4) is 0 Å². The zero-order valence-electron chi connectivity index (χ0n) is 8.51. The number of aromatic nitrogens is 1. The first-order valence-corrected chi connectivity index (χ1v) is 4.34. The van der Waals surface area contributed by atoms with Crippen molar-refractivity contribution < 1.29 is 28.0 Å². The van der Waals surface area contributed by atoms with Gasteiger partial charge in [0, 0.05) is 18.3 Å². The van der Waals surface area contributed by atoms with Crippen molar-refractivity contribution in [2.45, 2.75) is 6.18 Å². The largest absolute Gasteiger partial charge is 0.478 e. The van der Waals surface area contributed by atoms with E-state index in [1.54, 1.807) is 0 Å². The molecule has 0 amide bonds. The maximum atomic E-state index is 12.3. The van der Waals surface area contributed by atoms with Crippen LogP contribution in [0.1, 0.15) is 11.3 Å². The molecule has 96 valence electrons. The highest BCUT2D eigenvalue weighted by molar-refractivity contribution is 5.85. The Labute approximate surface area is 97.5 Å². The highest BCUT2D eigenvalue weighted by Crippen LogP contribution is 2.32. The molecule has 0 atom stereocenters. The molecule has 6 nitrogen and oxygen atoms in total. The van der Waals surface area contributed by atoms with E-state index in [1.165, 1.54) is 0 Å². The van der Waals surface area contributed by atoms with Crippen LogP contribution < -0.4 is 0 Å². The molecule has 0 aliphatic heterocycles. The summed E-state index contributed by atoms with van der Waals surface area (Å²) in [5, 5.41) is 18.9. The van der Waals surface area contributed by atoms with Crippen LogP contribution >= 0.6 is 0 Å². The lowest BCUT2D eigenvalue weighted by molar-refractivity contribution is -0.385. The SMILES string of the molecule is O=C(O)/C=C/c1ncc(C(F)(F)F)cc1[N+](=O)[O-]. The molecule has 1 aromatic rings. The number of pyridine rings is 1. The minimum Gasteiger partial charge on any atom is -0.478 e. The number of nitrogens with zero attached hydrogens (tertiary/aromatic N) is 2. The molecule has 0 radical (unpaired) electrons. The number of hydrogen-bond donors (Lipinski definition) is 1. The zero-order valence-corrected chi connectivity index (χ0v) is 8.51. The first-order chi connectivity index (χ1) is 8.21. The lowest BCUT2D eigenvalue weighted by atomic mass is 10.2. The second-order valence-corrected chi connectivity index (χ2v) is 3.05. The van der Waals surface area contributed by atoms with Gasteiger partial charge in [0.1, 0.15) is 5.69 Å². The number of alkyl halides is 3. The topological polar surface area (TPSA) is 93.3 Å². The number of hydrogen-bond acceptors (Lipinski definition) is 4. The molecule has 18 heavy (non-hydrogen) atoms. The number of aliphatic carboxylic acids is 1. The van der Waals surface area contributed by atoms with Crippen molar-refractivity contribution in [2.75, 3.05) is 0 Å². The highest BCUT2D eigenvalue weighted by atomic mass is 19.4. The Morgan fingerprint density at radius 1 is 1.50 bits per heavy atom. The average Bonchev–Trinajstić information content (AvgIpc) is 2.24. The van der Waals surface area contributed by atoms with E-state index in [0.717, 1.165) is 6.08 Å². The van der Waals surface area contributed by atoms with E-state index in [2.05, 4.69) is 4.98 Å². The number of carbonyl (C=O) groups is 1. The van der Waals surface area contributed by atoms with Crippen LogP contribution in [-0.2, 0) is 11.0 Å². The molecule has 0 unspecified atom stereocenters. The third kappa shape index (κ3) is 3.27. The Kier molecular flexibility index (Phi) is 3.64. The first kappa shape index (κ1) is 13.6. The lowest BCUT2D eigenvalue weighted by Gasteiger charge is -2.06. The summed E-state index contributed by atoms with van der Waals surface area (Å²) in [6.07, 6.45) is -3.06. The maximum absolute atomic E-state index is 12.3. The van der Waals surface area contributed by atoms with Crippen LogP contribution in [-0.4, -0.2) is 21.0 Å². The molecule has 0 aliphatic carbocycles. The van der Waals surface area contributed by atoms with Crippen molar-refractivity contribution in [1.82, 2.24) is 4.98 Å². The molecule has 0 fully saturated rings. The van der Waals surface area contributed by atoms with Crippen LogP contribution in [0, 0.1) is 10.1 Å². The molecular weight excluding hydrogens is 257 g/mol. The second kappa shape index (κ2) is 4.82.